The van der Waals surface area contributed by atoms with Gasteiger partial charge in [0.05, 0.1) is 14.2 Å². The van der Waals surface area contributed by atoms with Crippen molar-refractivity contribution in [3.05, 3.63) is 30.3 Å². The highest BCUT2D eigenvalue weighted by Gasteiger charge is 2.07. The first kappa shape index (κ1) is 12.1. The Labute approximate surface area is 94.4 Å². The van der Waals surface area contributed by atoms with E-state index in [4.69, 9.17) is 9.47 Å². The molecule has 1 aromatic carbocycles. The number of hydrogen-bond donors (Lipinski definition) is 0. The van der Waals surface area contributed by atoms with E-state index in [0.29, 0.717) is 11.5 Å². The molecule has 0 heterocycles. The summed E-state index contributed by atoms with van der Waals surface area (Å²) < 4.78 is 14.8. The van der Waals surface area contributed by atoms with Gasteiger partial charge in [-0.3, -0.25) is 0 Å². The second kappa shape index (κ2) is 5.80. The van der Waals surface area contributed by atoms with Crippen LogP contribution in [-0.4, -0.2) is 26.8 Å². The molecular formula is C12H14O4. The third-order valence-corrected chi connectivity index (χ3v) is 2.00. The maximum absolute atomic E-state index is 10.9. The topological polar surface area (TPSA) is 44.8 Å². The highest BCUT2D eigenvalue weighted by atomic mass is 16.6. The molecule has 0 saturated heterocycles. The smallest absolute Gasteiger partial charge is 0.343 e. The SMILES string of the molecule is C=Cc1ccc(OCC(=O)OC)c(OC)c1. The van der Waals surface area contributed by atoms with Crippen molar-refractivity contribution >= 4 is 12.0 Å². The second-order valence-corrected chi connectivity index (χ2v) is 2.98. The van der Waals surface area contributed by atoms with Gasteiger partial charge in [0.25, 0.3) is 0 Å². The van der Waals surface area contributed by atoms with Crippen molar-refractivity contribution in [1.82, 2.24) is 0 Å². The van der Waals surface area contributed by atoms with Crippen LogP contribution >= 0.6 is 0 Å². The second-order valence-electron chi connectivity index (χ2n) is 2.98. The third-order valence-electron chi connectivity index (χ3n) is 2.00. The van der Waals surface area contributed by atoms with Crippen LogP contribution in [0.4, 0.5) is 0 Å². The summed E-state index contributed by atoms with van der Waals surface area (Å²) in [6.45, 7) is 3.51. The van der Waals surface area contributed by atoms with Gasteiger partial charge >= 0.3 is 5.97 Å². The molecule has 0 aliphatic carbocycles. The molecular weight excluding hydrogens is 208 g/mol. The number of carbonyl (C=O) groups excluding carboxylic acids is 1. The molecule has 0 N–H and O–H groups in total. The predicted molar refractivity (Wildman–Crippen MR) is 60.6 cm³/mol. The van der Waals surface area contributed by atoms with E-state index in [1.165, 1.54) is 14.2 Å². The van der Waals surface area contributed by atoms with Crippen molar-refractivity contribution in [3.63, 3.8) is 0 Å². The summed E-state index contributed by atoms with van der Waals surface area (Å²) >= 11 is 0. The molecule has 1 aromatic rings. The molecule has 16 heavy (non-hydrogen) atoms. The fraction of sp³-hybridized carbons (Fsp3) is 0.250. The number of rotatable bonds is 5. The Bertz CT molecular complexity index is 385. The van der Waals surface area contributed by atoms with E-state index < -0.39 is 5.97 Å². The molecule has 0 unspecified atom stereocenters. The number of carbonyl (C=O) groups is 1. The Morgan fingerprint density at radius 2 is 2.12 bits per heavy atom. The van der Waals surface area contributed by atoms with Crippen molar-refractivity contribution in [2.24, 2.45) is 0 Å². The van der Waals surface area contributed by atoms with E-state index in [1.54, 1.807) is 18.2 Å². The Morgan fingerprint density at radius 1 is 1.38 bits per heavy atom. The molecule has 0 fully saturated rings. The molecule has 0 amide bonds. The van der Waals surface area contributed by atoms with E-state index in [9.17, 15) is 4.79 Å². The van der Waals surface area contributed by atoms with Crippen LogP contribution in [0.5, 0.6) is 11.5 Å². The number of hydrogen-bond acceptors (Lipinski definition) is 4. The van der Waals surface area contributed by atoms with Gasteiger partial charge in [-0.15, -0.1) is 0 Å². The fourth-order valence-electron chi connectivity index (χ4n) is 1.13. The summed E-state index contributed by atoms with van der Waals surface area (Å²) in [5.74, 6) is 0.620. The molecule has 86 valence electrons. The van der Waals surface area contributed by atoms with Gasteiger partial charge in [0.1, 0.15) is 0 Å². The third kappa shape index (κ3) is 3.02. The molecule has 0 saturated carbocycles. The lowest BCUT2D eigenvalue weighted by molar-refractivity contribution is -0.142. The molecule has 0 radical (unpaired) electrons. The quantitative estimate of drug-likeness (QED) is 0.714. The Hall–Kier alpha value is -1.97. The predicted octanol–water partition coefficient (Wildman–Crippen LogP) is 1.89. The van der Waals surface area contributed by atoms with Crippen LogP contribution < -0.4 is 9.47 Å². The summed E-state index contributed by atoms with van der Waals surface area (Å²) in [6.07, 6.45) is 1.70. The first-order valence-electron chi connectivity index (χ1n) is 4.71. The van der Waals surface area contributed by atoms with Gasteiger partial charge < -0.3 is 14.2 Å². The van der Waals surface area contributed by atoms with Crippen LogP contribution in [-0.2, 0) is 9.53 Å². The Balaban J connectivity index is 2.79. The monoisotopic (exact) mass is 222 g/mol. The molecule has 1 rings (SSSR count). The summed E-state index contributed by atoms with van der Waals surface area (Å²) in [7, 11) is 2.84. The number of esters is 1. The van der Waals surface area contributed by atoms with Crippen molar-refractivity contribution in [2.75, 3.05) is 20.8 Å². The van der Waals surface area contributed by atoms with Crippen LogP contribution in [0.3, 0.4) is 0 Å². The van der Waals surface area contributed by atoms with Gasteiger partial charge in [-0.25, -0.2) is 4.79 Å². The highest BCUT2D eigenvalue weighted by molar-refractivity contribution is 5.71. The zero-order valence-electron chi connectivity index (χ0n) is 9.36. The van der Waals surface area contributed by atoms with Gasteiger partial charge in [-0.1, -0.05) is 18.7 Å². The minimum absolute atomic E-state index is 0.139. The van der Waals surface area contributed by atoms with Gasteiger partial charge in [-0.05, 0) is 17.7 Å². The van der Waals surface area contributed by atoms with Crippen LogP contribution in [0.2, 0.25) is 0 Å². The van der Waals surface area contributed by atoms with Gasteiger partial charge in [0.15, 0.2) is 18.1 Å². The van der Waals surface area contributed by atoms with Crippen LogP contribution in [0.15, 0.2) is 24.8 Å². The lowest BCUT2D eigenvalue weighted by atomic mass is 10.2. The van der Waals surface area contributed by atoms with Gasteiger partial charge in [0.2, 0.25) is 0 Å². The van der Waals surface area contributed by atoms with E-state index >= 15 is 0 Å². The zero-order chi connectivity index (χ0) is 12.0. The molecule has 4 nitrogen and oxygen atoms in total. The average Bonchev–Trinajstić information content (AvgIpc) is 2.35. The first-order chi connectivity index (χ1) is 7.71. The van der Waals surface area contributed by atoms with Crippen LogP contribution in [0.25, 0.3) is 6.08 Å². The molecule has 0 aromatic heterocycles. The van der Waals surface area contributed by atoms with Crippen LogP contribution in [0, 0.1) is 0 Å². The van der Waals surface area contributed by atoms with Crippen molar-refractivity contribution in [3.8, 4) is 11.5 Å². The van der Waals surface area contributed by atoms with Crippen molar-refractivity contribution < 1.29 is 19.0 Å². The van der Waals surface area contributed by atoms with Gasteiger partial charge in [0, 0.05) is 0 Å². The molecule has 0 atom stereocenters. The van der Waals surface area contributed by atoms with E-state index in [-0.39, 0.29) is 6.61 Å². The Morgan fingerprint density at radius 3 is 2.69 bits per heavy atom. The number of benzene rings is 1. The van der Waals surface area contributed by atoms with Crippen molar-refractivity contribution in [1.29, 1.82) is 0 Å². The molecule has 0 spiro atoms. The largest absolute Gasteiger partial charge is 0.493 e. The summed E-state index contributed by atoms with van der Waals surface area (Å²) in [4.78, 5) is 10.9. The first-order valence-corrected chi connectivity index (χ1v) is 4.71. The summed E-state index contributed by atoms with van der Waals surface area (Å²) in [6, 6.07) is 5.32. The maximum atomic E-state index is 10.9. The van der Waals surface area contributed by atoms with Crippen LogP contribution in [0.1, 0.15) is 5.56 Å². The summed E-state index contributed by atoms with van der Waals surface area (Å²) in [5.41, 5.74) is 0.919. The molecule has 0 aliphatic rings. The average molecular weight is 222 g/mol. The number of ether oxygens (including phenoxy) is 3. The minimum atomic E-state index is -0.435. The maximum Gasteiger partial charge on any atom is 0.343 e. The number of methoxy groups -OCH3 is 2. The van der Waals surface area contributed by atoms with E-state index in [0.717, 1.165) is 5.56 Å². The van der Waals surface area contributed by atoms with E-state index in [2.05, 4.69) is 11.3 Å². The zero-order valence-corrected chi connectivity index (χ0v) is 9.36. The van der Waals surface area contributed by atoms with Gasteiger partial charge in [-0.2, -0.15) is 0 Å². The fourth-order valence-corrected chi connectivity index (χ4v) is 1.13. The lowest BCUT2D eigenvalue weighted by Gasteiger charge is -2.10. The molecule has 4 heteroatoms. The standard InChI is InChI=1S/C12H14O4/c1-4-9-5-6-10(11(7-9)14-2)16-8-12(13)15-3/h4-7H,1,8H2,2-3H3. The Kier molecular flexibility index (Phi) is 4.39. The summed E-state index contributed by atoms with van der Waals surface area (Å²) in [5, 5.41) is 0. The normalized spacial score (nSPS) is 9.38. The lowest BCUT2D eigenvalue weighted by Crippen LogP contribution is -2.12. The van der Waals surface area contributed by atoms with Crippen molar-refractivity contribution in [2.45, 2.75) is 0 Å². The highest BCUT2D eigenvalue weighted by Crippen LogP contribution is 2.28. The van der Waals surface area contributed by atoms with E-state index in [1.807, 2.05) is 6.07 Å². The minimum Gasteiger partial charge on any atom is -0.493 e. The molecule has 0 aliphatic heterocycles. The molecule has 0 bridgehead atoms.